The fraction of sp³-hybridized carbons (Fsp3) is 0.158. The van der Waals surface area contributed by atoms with Crippen molar-refractivity contribution in [1.82, 2.24) is 9.78 Å². The van der Waals surface area contributed by atoms with E-state index in [1.807, 2.05) is 53.3 Å². The number of methoxy groups -OCH3 is 1. The van der Waals surface area contributed by atoms with Gasteiger partial charge in [0, 0.05) is 18.0 Å². The number of hydrogen-bond acceptors (Lipinski definition) is 3. The second kappa shape index (κ2) is 7.81. The quantitative estimate of drug-likeness (QED) is 0.678. The van der Waals surface area contributed by atoms with Gasteiger partial charge >= 0.3 is 0 Å². The van der Waals surface area contributed by atoms with E-state index >= 15 is 0 Å². The highest BCUT2D eigenvalue weighted by molar-refractivity contribution is 7.80. The molecule has 0 fully saturated rings. The van der Waals surface area contributed by atoms with Crippen molar-refractivity contribution in [3.8, 4) is 5.75 Å². The third-order valence-electron chi connectivity index (χ3n) is 3.82. The predicted molar refractivity (Wildman–Crippen MR) is 105 cm³/mol. The minimum absolute atomic E-state index is 0.492. The van der Waals surface area contributed by atoms with Gasteiger partial charge in [0.15, 0.2) is 10.9 Å². The summed E-state index contributed by atoms with van der Waals surface area (Å²) in [5, 5.41) is 11.2. The van der Waals surface area contributed by atoms with Crippen molar-refractivity contribution in [1.29, 1.82) is 0 Å². The van der Waals surface area contributed by atoms with Gasteiger partial charge < -0.3 is 15.4 Å². The number of ether oxygens (including phenoxy) is 1. The van der Waals surface area contributed by atoms with Crippen LogP contribution < -0.4 is 15.4 Å². The molecule has 2 aromatic carbocycles. The van der Waals surface area contributed by atoms with Gasteiger partial charge in [-0.15, -0.1) is 0 Å². The molecule has 1 aromatic heterocycles. The average Bonchev–Trinajstić information content (AvgIpc) is 3.04. The van der Waals surface area contributed by atoms with Crippen molar-refractivity contribution in [2.24, 2.45) is 0 Å². The van der Waals surface area contributed by atoms with Crippen LogP contribution in [0.15, 0.2) is 60.8 Å². The molecule has 0 amide bonds. The van der Waals surface area contributed by atoms with E-state index in [0.29, 0.717) is 10.9 Å². The number of aryl methyl sites for hydroxylation is 1. The van der Waals surface area contributed by atoms with Crippen LogP contribution >= 0.6 is 12.2 Å². The molecule has 0 aliphatic carbocycles. The monoisotopic (exact) mass is 352 g/mol. The third kappa shape index (κ3) is 4.58. The Bertz CT molecular complexity index is 858. The van der Waals surface area contributed by atoms with Gasteiger partial charge in [0.2, 0.25) is 0 Å². The first-order chi connectivity index (χ1) is 12.1. The number of rotatable bonds is 5. The molecule has 0 aliphatic rings. The fourth-order valence-corrected chi connectivity index (χ4v) is 2.65. The van der Waals surface area contributed by atoms with Crippen molar-refractivity contribution < 1.29 is 4.74 Å². The van der Waals surface area contributed by atoms with Crippen LogP contribution in [-0.4, -0.2) is 22.0 Å². The smallest absolute Gasteiger partial charge is 0.176 e. The summed E-state index contributed by atoms with van der Waals surface area (Å²) in [7, 11) is 1.64. The number of aromatic nitrogens is 2. The molecule has 6 heteroatoms. The van der Waals surface area contributed by atoms with Crippen LogP contribution in [0.2, 0.25) is 0 Å². The molecule has 0 spiro atoms. The Morgan fingerprint density at radius 3 is 2.56 bits per heavy atom. The third-order valence-corrected chi connectivity index (χ3v) is 4.03. The molecule has 3 rings (SSSR count). The van der Waals surface area contributed by atoms with Crippen molar-refractivity contribution in [2.75, 3.05) is 17.7 Å². The van der Waals surface area contributed by atoms with Gasteiger partial charge in [-0.1, -0.05) is 24.3 Å². The number of thiocarbonyl (C=S) groups is 1. The zero-order chi connectivity index (χ0) is 17.6. The lowest BCUT2D eigenvalue weighted by molar-refractivity contribution is 0.415. The molecule has 0 bridgehead atoms. The average molecular weight is 352 g/mol. The molecule has 0 radical (unpaired) electrons. The highest BCUT2D eigenvalue weighted by atomic mass is 32.1. The maximum atomic E-state index is 5.34. The Hall–Kier alpha value is -2.86. The number of nitrogens with zero attached hydrogens (tertiary/aromatic N) is 2. The first-order valence-electron chi connectivity index (χ1n) is 7.94. The highest BCUT2D eigenvalue weighted by Crippen LogP contribution is 2.15. The predicted octanol–water partition coefficient (Wildman–Crippen LogP) is 4.06. The van der Waals surface area contributed by atoms with Crippen LogP contribution in [0.3, 0.4) is 0 Å². The van der Waals surface area contributed by atoms with E-state index in [4.69, 9.17) is 17.0 Å². The number of nitrogens with one attached hydrogen (secondary N) is 2. The van der Waals surface area contributed by atoms with E-state index in [1.54, 1.807) is 7.11 Å². The van der Waals surface area contributed by atoms with E-state index in [0.717, 1.165) is 18.0 Å². The highest BCUT2D eigenvalue weighted by Gasteiger charge is 2.04. The Kier molecular flexibility index (Phi) is 5.30. The summed E-state index contributed by atoms with van der Waals surface area (Å²) < 4.78 is 7.03. The van der Waals surface area contributed by atoms with Gasteiger partial charge in [-0.2, -0.15) is 5.10 Å². The molecule has 1 heterocycles. The minimum atomic E-state index is 0.492. The lowest BCUT2D eigenvalue weighted by atomic mass is 10.1. The zero-order valence-electron chi connectivity index (χ0n) is 14.2. The number of benzene rings is 2. The van der Waals surface area contributed by atoms with Crippen LogP contribution in [0.4, 0.5) is 11.5 Å². The van der Waals surface area contributed by atoms with Crippen LogP contribution in [0.1, 0.15) is 11.1 Å². The summed E-state index contributed by atoms with van der Waals surface area (Å²) >= 11 is 5.34. The Balaban J connectivity index is 1.58. The lowest BCUT2D eigenvalue weighted by Gasteiger charge is -2.09. The molecule has 0 atom stereocenters. The lowest BCUT2D eigenvalue weighted by Crippen LogP contribution is -2.19. The molecular formula is C19H20N4OS. The summed E-state index contributed by atoms with van der Waals surface area (Å²) in [6, 6.07) is 17.8. The van der Waals surface area contributed by atoms with Crippen molar-refractivity contribution in [2.45, 2.75) is 13.5 Å². The van der Waals surface area contributed by atoms with Crippen molar-refractivity contribution in [3.05, 3.63) is 71.9 Å². The van der Waals surface area contributed by atoms with E-state index in [-0.39, 0.29) is 0 Å². The topological polar surface area (TPSA) is 51.1 Å². The van der Waals surface area contributed by atoms with Crippen molar-refractivity contribution in [3.63, 3.8) is 0 Å². The molecule has 25 heavy (non-hydrogen) atoms. The SMILES string of the molecule is COc1ccc(NC(=S)Nc2ccn(Cc3ccccc3C)n2)cc1. The van der Waals surface area contributed by atoms with Crippen LogP contribution in [0, 0.1) is 6.92 Å². The minimum Gasteiger partial charge on any atom is -0.497 e. The summed E-state index contributed by atoms with van der Waals surface area (Å²) in [5.41, 5.74) is 3.39. The van der Waals surface area contributed by atoms with Crippen LogP contribution in [0.5, 0.6) is 5.75 Å². The number of hydrogen-bond donors (Lipinski definition) is 2. The van der Waals surface area contributed by atoms with Gasteiger partial charge in [-0.05, 0) is 54.5 Å². The van der Waals surface area contributed by atoms with Gasteiger partial charge in [-0.3, -0.25) is 4.68 Å². The van der Waals surface area contributed by atoms with Gasteiger partial charge in [-0.25, -0.2) is 0 Å². The molecular weight excluding hydrogens is 332 g/mol. The molecule has 0 saturated carbocycles. The molecule has 0 unspecified atom stereocenters. The molecule has 2 N–H and O–H groups in total. The Morgan fingerprint density at radius 1 is 1.08 bits per heavy atom. The zero-order valence-corrected chi connectivity index (χ0v) is 15.0. The fourth-order valence-electron chi connectivity index (χ4n) is 2.43. The molecule has 3 aromatic rings. The largest absolute Gasteiger partial charge is 0.497 e. The second-order valence-corrected chi connectivity index (χ2v) is 6.04. The second-order valence-electron chi connectivity index (χ2n) is 5.63. The summed E-state index contributed by atoms with van der Waals surface area (Å²) in [4.78, 5) is 0. The maximum absolute atomic E-state index is 5.34. The van der Waals surface area contributed by atoms with Crippen LogP contribution in [-0.2, 0) is 6.54 Å². The van der Waals surface area contributed by atoms with E-state index in [2.05, 4.69) is 34.8 Å². The molecule has 0 saturated heterocycles. The summed E-state index contributed by atoms with van der Waals surface area (Å²) in [6.07, 6.45) is 1.94. The van der Waals surface area contributed by atoms with E-state index in [1.165, 1.54) is 11.1 Å². The van der Waals surface area contributed by atoms with E-state index in [9.17, 15) is 0 Å². The van der Waals surface area contributed by atoms with Gasteiger partial charge in [0.1, 0.15) is 5.75 Å². The molecule has 0 aliphatic heterocycles. The van der Waals surface area contributed by atoms with Gasteiger partial charge in [0.05, 0.1) is 13.7 Å². The van der Waals surface area contributed by atoms with Crippen molar-refractivity contribution >= 4 is 28.8 Å². The normalized spacial score (nSPS) is 10.3. The Morgan fingerprint density at radius 2 is 1.84 bits per heavy atom. The summed E-state index contributed by atoms with van der Waals surface area (Å²) in [5.74, 6) is 1.51. The number of anilines is 2. The standard InChI is InChI=1S/C19H20N4OS/c1-14-5-3-4-6-15(14)13-23-12-11-18(22-23)21-19(25)20-16-7-9-17(24-2)10-8-16/h3-12H,13H2,1-2H3,(H2,20,21,22,25). The van der Waals surface area contributed by atoms with E-state index < -0.39 is 0 Å². The Labute approximate surface area is 152 Å². The summed E-state index contributed by atoms with van der Waals surface area (Å²) in [6.45, 7) is 2.83. The van der Waals surface area contributed by atoms with Gasteiger partial charge in [0.25, 0.3) is 0 Å². The maximum Gasteiger partial charge on any atom is 0.176 e. The first kappa shape index (κ1) is 17.0. The van der Waals surface area contributed by atoms with Crippen LogP contribution in [0.25, 0.3) is 0 Å². The molecule has 5 nitrogen and oxygen atoms in total. The first-order valence-corrected chi connectivity index (χ1v) is 8.35. The molecule has 128 valence electrons.